The Balaban J connectivity index is 1.54. The van der Waals surface area contributed by atoms with Gasteiger partial charge in [0.2, 0.25) is 0 Å². The fourth-order valence-electron chi connectivity index (χ4n) is 2.69. The predicted molar refractivity (Wildman–Crippen MR) is 98.6 cm³/mol. The fourth-order valence-corrected chi connectivity index (χ4v) is 2.69. The smallest absolute Gasteiger partial charge is 0.271 e. The Morgan fingerprint density at radius 3 is 2.88 bits per heavy atom. The van der Waals surface area contributed by atoms with Crippen molar-refractivity contribution >= 4 is 5.91 Å². The lowest BCUT2D eigenvalue weighted by atomic mass is 10.2. The minimum absolute atomic E-state index is 0.169. The van der Waals surface area contributed by atoms with E-state index >= 15 is 0 Å². The first kappa shape index (κ1) is 17.7. The van der Waals surface area contributed by atoms with Crippen LogP contribution in [0.2, 0.25) is 0 Å². The van der Waals surface area contributed by atoms with Gasteiger partial charge in [0.25, 0.3) is 5.91 Å². The maximum absolute atomic E-state index is 12.3. The van der Waals surface area contributed by atoms with Gasteiger partial charge in [-0.1, -0.05) is 6.07 Å². The number of imidazole rings is 1. The molecule has 0 radical (unpaired) electrons. The molecule has 7 heteroatoms. The standard InChI is InChI=1S/C19H23N5O2/c1-15-5-6-18(26-2)17(13-15)24-11-7-16(22-24)19(25)21-8-3-4-10-23-12-9-20-14-23/h5-7,9,11-14H,3-4,8,10H2,1-2H3,(H,21,25). The van der Waals surface area contributed by atoms with Crippen LogP contribution in [0.3, 0.4) is 0 Å². The number of ether oxygens (including phenoxy) is 1. The average molecular weight is 353 g/mol. The summed E-state index contributed by atoms with van der Waals surface area (Å²) >= 11 is 0. The first-order chi connectivity index (χ1) is 12.7. The van der Waals surface area contributed by atoms with Gasteiger partial charge in [-0.25, -0.2) is 9.67 Å². The van der Waals surface area contributed by atoms with Gasteiger partial charge in [0.05, 0.1) is 13.4 Å². The van der Waals surface area contributed by atoms with Crippen molar-refractivity contribution in [2.75, 3.05) is 13.7 Å². The molecule has 0 aliphatic heterocycles. The molecule has 3 rings (SSSR count). The zero-order chi connectivity index (χ0) is 18.4. The molecule has 0 unspecified atom stereocenters. The van der Waals surface area contributed by atoms with E-state index in [2.05, 4.69) is 15.4 Å². The number of amides is 1. The molecule has 1 amide bonds. The van der Waals surface area contributed by atoms with Crippen LogP contribution in [0.5, 0.6) is 5.75 Å². The van der Waals surface area contributed by atoms with E-state index in [9.17, 15) is 4.79 Å². The number of methoxy groups -OCH3 is 1. The average Bonchev–Trinajstić information content (AvgIpc) is 3.33. The van der Waals surface area contributed by atoms with E-state index < -0.39 is 0 Å². The minimum Gasteiger partial charge on any atom is -0.494 e. The van der Waals surface area contributed by atoms with Gasteiger partial charge in [0, 0.05) is 31.7 Å². The lowest BCUT2D eigenvalue weighted by Gasteiger charge is -2.09. The highest BCUT2D eigenvalue weighted by Crippen LogP contribution is 2.23. The summed E-state index contributed by atoms with van der Waals surface area (Å²) in [4.78, 5) is 16.3. The zero-order valence-corrected chi connectivity index (χ0v) is 15.1. The Morgan fingerprint density at radius 1 is 1.23 bits per heavy atom. The third kappa shape index (κ3) is 4.30. The van der Waals surface area contributed by atoms with E-state index in [4.69, 9.17) is 4.74 Å². The number of carbonyl (C=O) groups is 1. The number of hydrogen-bond acceptors (Lipinski definition) is 4. The normalized spacial score (nSPS) is 10.7. The summed E-state index contributed by atoms with van der Waals surface area (Å²) in [5.74, 6) is 0.545. The summed E-state index contributed by atoms with van der Waals surface area (Å²) in [7, 11) is 1.62. The second kappa shape index (κ2) is 8.33. The molecule has 26 heavy (non-hydrogen) atoms. The van der Waals surface area contributed by atoms with E-state index in [1.165, 1.54) is 0 Å². The molecule has 0 fully saturated rings. The summed E-state index contributed by atoms with van der Waals surface area (Å²) in [6, 6.07) is 7.56. The molecule has 0 saturated carbocycles. The Labute approximate surface area is 152 Å². The Morgan fingerprint density at radius 2 is 2.12 bits per heavy atom. The Hall–Kier alpha value is -3.09. The SMILES string of the molecule is COc1ccc(C)cc1-n1ccc(C(=O)NCCCCn2ccnc2)n1. The molecular weight excluding hydrogens is 330 g/mol. The summed E-state index contributed by atoms with van der Waals surface area (Å²) in [5.41, 5.74) is 2.30. The van der Waals surface area contributed by atoms with Crippen molar-refractivity contribution in [2.24, 2.45) is 0 Å². The highest BCUT2D eigenvalue weighted by Gasteiger charge is 2.12. The number of aromatic nitrogens is 4. The van der Waals surface area contributed by atoms with Gasteiger partial charge in [-0.3, -0.25) is 4.79 Å². The van der Waals surface area contributed by atoms with E-state index in [-0.39, 0.29) is 5.91 Å². The number of rotatable bonds is 8. The first-order valence-corrected chi connectivity index (χ1v) is 8.62. The van der Waals surface area contributed by atoms with Crippen molar-refractivity contribution in [1.29, 1.82) is 0 Å². The summed E-state index contributed by atoms with van der Waals surface area (Å²) in [6.45, 7) is 3.52. The second-order valence-electron chi connectivity index (χ2n) is 6.08. The predicted octanol–water partition coefficient (Wildman–Crippen LogP) is 2.60. The van der Waals surface area contributed by atoms with Crippen LogP contribution in [0.15, 0.2) is 49.2 Å². The highest BCUT2D eigenvalue weighted by atomic mass is 16.5. The van der Waals surface area contributed by atoms with Gasteiger partial charge in [-0.15, -0.1) is 0 Å². The van der Waals surface area contributed by atoms with Gasteiger partial charge >= 0.3 is 0 Å². The van der Waals surface area contributed by atoms with Crippen LogP contribution in [0.1, 0.15) is 28.9 Å². The molecule has 0 aliphatic rings. The number of carbonyl (C=O) groups excluding carboxylic acids is 1. The van der Waals surface area contributed by atoms with Crippen molar-refractivity contribution in [1.82, 2.24) is 24.6 Å². The number of benzene rings is 1. The monoisotopic (exact) mass is 353 g/mol. The van der Waals surface area contributed by atoms with Crippen LogP contribution in [0.25, 0.3) is 5.69 Å². The molecule has 0 atom stereocenters. The lowest BCUT2D eigenvalue weighted by molar-refractivity contribution is 0.0947. The summed E-state index contributed by atoms with van der Waals surface area (Å²) in [5, 5.41) is 7.29. The first-order valence-electron chi connectivity index (χ1n) is 8.62. The van der Waals surface area contributed by atoms with Crippen molar-refractivity contribution in [3.63, 3.8) is 0 Å². The number of unbranched alkanes of at least 4 members (excludes halogenated alkanes) is 1. The van der Waals surface area contributed by atoms with Crippen LogP contribution in [0, 0.1) is 6.92 Å². The van der Waals surface area contributed by atoms with Crippen LogP contribution >= 0.6 is 0 Å². The lowest BCUT2D eigenvalue weighted by Crippen LogP contribution is -2.25. The number of hydrogen-bond donors (Lipinski definition) is 1. The minimum atomic E-state index is -0.169. The zero-order valence-electron chi connectivity index (χ0n) is 15.1. The van der Waals surface area contributed by atoms with Crippen molar-refractivity contribution in [3.8, 4) is 11.4 Å². The summed E-state index contributed by atoms with van der Waals surface area (Å²) in [6.07, 6.45) is 9.14. The molecule has 0 spiro atoms. The maximum atomic E-state index is 12.3. The van der Waals surface area contributed by atoms with Crippen LogP contribution in [0.4, 0.5) is 0 Å². The quantitative estimate of drug-likeness (QED) is 0.632. The molecule has 0 bridgehead atoms. The molecular formula is C19H23N5O2. The van der Waals surface area contributed by atoms with Crippen molar-refractivity contribution in [2.45, 2.75) is 26.3 Å². The van der Waals surface area contributed by atoms with Crippen LogP contribution in [-0.4, -0.2) is 38.9 Å². The van der Waals surface area contributed by atoms with Gasteiger partial charge < -0.3 is 14.6 Å². The van der Waals surface area contributed by atoms with Crippen molar-refractivity contribution < 1.29 is 9.53 Å². The highest BCUT2D eigenvalue weighted by molar-refractivity contribution is 5.92. The number of nitrogens with zero attached hydrogens (tertiary/aromatic N) is 4. The Bertz CT molecular complexity index is 855. The topological polar surface area (TPSA) is 74.0 Å². The van der Waals surface area contributed by atoms with Crippen LogP contribution < -0.4 is 10.1 Å². The summed E-state index contributed by atoms with van der Waals surface area (Å²) < 4.78 is 9.07. The third-order valence-corrected chi connectivity index (χ3v) is 4.09. The third-order valence-electron chi connectivity index (χ3n) is 4.09. The van der Waals surface area contributed by atoms with E-state index in [1.807, 2.05) is 35.9 Å². The van der Waals surface area contributed by atoms with E-state index in [0.29, 0.717) is 18.0 Å². The molecule has 1 aromatic carbocycles. The maximum Gasteiger partial charge on any atom is 0.271 e. The van der Waals surface area contributed by atoms with Crippen molar-refractivity contribution in [3.05, 3.63) is 60.4 Å². The molecule has 1 N–H and O–H groups in total. The van der Waals surface area contributed by atoms with Crippen LogP contribution in [-0.2, 0) is 6.54 Å². The molecule has 2 aromatic heterocycles. The molecule has 2 heterocycles. The van der Waals surface area contributed by atoms with E-state index in [0.717, 1.165) is 30.6 Å². The molecule has 3 aromatic rings. The number of nitrogens with one attached hydrogen (secondary N) is 1. The molecule has 7 nitrogen and oxygen atoms in total. The van der Waals surface area contributed by atoms with E-state index in [1.54, 1.807) is 36.6 Å². The molecule has 136 valence electrons. The van der Waals surface area contributed by atoms with Gasteiger partial charge in [0.1, 0.15) is 11.4 Å². The van der Waals surface area contributed by atoms with Gasteiger partial charge in [-0.05, 0) is 43.5 Å². The molecule has 0 aliphatic carbocycles. The molecule has 0 saturated heterocycles. The fraction of sp³-hybridized carbons (Fsp3) is 0.316. The van der Waals surface area contributed by atoms with Gasteiger partial charge in [0.15, 0.2) is 5.69 Å². The second-order valence-corrected chi connectivity index (χ2v) is 6.08. The Kier molecular flexibility index (Phi) is 5.68. The largest absolute Gasteiger partial charge is 0.494 e. The van der Waals surface area contributed by atoms with Gasteiger partial charge in [-0.2, -0.15) is 5.10 Å². The number of aryl methyl sites for hydroxylation is 2.